The van der Waals surface area contributed by atoms with Crippen LogP contribution in [0.2, 0.25) is 0 Å². The Morgan fingerprint density at radius 3 is 2.83 bits per heavy atom. The molecule has 1 aromatic rings. The summed E-state index contributed by atoms with van der Waals surface area (Å²) >= 11 is 0. The van der Waals surface area contributed by atoms with Crippen LogP contribution in [0.4, 0.5) is 0 Å². The van der Waals surface area contributed by atoms with E-state index < -0.39 is 0 Å². The standard InChI is InChI=1S/C13H21N3O2/c1-3-11(16-7-6-14-9-16)13(18)15(2)8-12(17)10-4-5-10/h6-7,9-12,17H,3-5,8H2,1-2H3. The van der Waals surface area contributed by atoms with Gasteiger partial charge < -0.3 is 14.6 Å². The molecule has 0 bridgehead atoms. The lowest BCUT2D eigenvalue weighted by atomic mass is 10.1. The first-order valence-corrected chi connectivity index (χ1v) is 6.54. The van der Waals surface area contributed by atoms with E-state index in [9.17, 15) is 9.90 Å². The van der Waals surface area contributed by atoms with Gasteiger partial charge >= 0.3 is 0 Å². The summed E-state index contributed by atoms with van der Waals surface area (Å²) in [6.45, 7) is 2.41. The molecule has 1 fully saturated rings. The third-order valence-electron chi connectivity index (χ3n) is 3.56. The van der Waals surface area contributed by atoms with Crippen LogP contribution in [-0.2, 0) is 4.79 Å². The number of nitrogens with zero attached hydrogens (tertiary/aromatic N) is 3. The van der Waals surface area contributed by atoms with E-state index in [0.717, 1.165) is 19.3 Å². The van der Waals surface area contributed by atoms with Gasteiger partial charge in [0, 0.05) is 26.0 Å². The molecular formula is C13H21N3O2. The number of aliphatic hydroxyl groups excluding tert-OH is 1. The van der Waals surface area contributed by atoms with E-state index in [-0.39, 0.29) is 18.1 Å². The Kier molecular flexibility index (Phi) is 4.01. The van der Waals surface area contributed by atoms with Gasteiger partial charge in [-0.05, 0) is 25.2 Å². The van der Waals surface area contributed by atoms with Crippen LogP contribution in [-0.4, -0.2) is 45.2 Å². The van der Waals surface area contributed by atoms with E-state index in [1.165, 1.54) is 0 Å². The van der Waals surface area contributed by atoms with Crippen LogP contribution in [0.25, 0.3) is 0 Å². The maximum absolute atomic E-state index is 12.3. The molecule has 100 valence electrons. The second-order valence-corrected chi connectivity index (χ2v) is 5.06. The Hall–Kier alpha value is -1.36. The van der Waals surface area contributed by atoms with E-state index >= 15 is 0 Å². The first kappa shape index (κ1) is 13.1. The number of aliphatic hydroxyl groups is 1. The summed E-state index contributed by atoms with van der Waals surface area (Å²) in [5, 5.41) is 9.88. The summed E-state index contributed by atoms with van der Waals surface area (Å²) in [6.07, 6.45) is 7.66. The van der Waals surface area contributed by atoms with Gasteiger partial charge in [0.2, 0.25) is 5.91 Å². The van der Waals surface area contributed by atoms with Crippen molar-refractivity contribution in [2.24, 2.45) is 5.92 Å². The average molecular weight is 251 g/mol. The van der Waals surface area contributed by atoms with Crippen LogP contribution < -0.4 is 0 Å². The maximum atomic E-state index is 12.3. The summed E-state index contributed by atoms with van der Waals surface area (Å²) in [4.78, 5) is 17.9. The van der Waals surface area contributed by atoms with Gasteiger partial charge in [0.05, 0.1) is 12.4 Å². The molecule has 1 aliphatic rings. The van der Waals surface area contributed by atoms with Crippen molar-refractivity contribution in [2.75, 3.05) is 13.6 Å². The van der Waals surface area contributed by atoms with Gasteiger partial charge in [0.25, 0.3) is 0 Å². The molecule has 1 aromatic heterocycles. The molecule has 5 heteroatoms. The molecule has 0 saturated heterocycles. The van der Waals surface area contributed by atoms with Gasteiger partial charge in [-0.25, -0.2) is 4.98 Å². The minimum Gasteiger partial charge on any atom is -0.391 e. The van der Waals surface area contributed by atoms with Gasteiger partial charge in [0.15, 0.2) is 0 Å². The van der Waals surface area contributed by atoms with Crippen LogP contribution in [0.5, 0.6) is 0 Å². The van der Waals surface area contributed by atoms with Crippen molar-refractivity contribution in [3.8, 4) is 0 Å². The van der Waals surface area contributed by atoms with E-state index in [2.05, 4.69) is 4.98 Å². The van der Waals surface area contributed by atoms with Crippen LogP contribution in [0.15, 0.2) is 18.7 Å². The lowest BCUT2D eigenvalue weighted by Crippen LogP contribution is -2.39. The van der Waals surface area contributed by atoms with Gasteiger partial charge in [-0.2, -0.15) is 0 Å². The van der Waals surface area contributed by atoms with Crippen molar-refractivity contribution in [1.29, 1.82) is 0 Å². The van der Waals surface area contributed by atoms with Crippen molar-refractivity contribution in [2.45, 2.75) is 38.3 Å². The van der Waals surface area contributed by atoms with Crippen molar-refractivity contribution in [3.63, 3.8) is 0 Å². The average Bonchev–Trinajstić information content (AvgIpc) is 3.08. The Labute approximate surface area is 107 Å². The summed E-state index contributed by atoms with van der Waals surface area (Å²) in [5.41, 5.74) is 0. The summed E-state index contributed by atoms with van der Waals surface area (Å²) in [7, 11) is 1.76. The van der Waals surface area contributed by atoms with Crippen molar-refractivity contribution in [1.82, 2.24) is 14.5 Å². The molecule has 18 heavy (non-hydrogen) atoms. The zero-order chi connectivity index (χ0) is 13.1. The van der Waals surface area contributed by atoms with Crippen molar-refractivity contribution < 1.29 is 9.90 Å². The largest absolute Gasteiger partial charge is 0.391 e. The highest BCUT2D eigenvalue weighted by Crippen LogP contribution is 2.32. The predicted molar refractivity (Wildman–Crippen MR) is 67.9 cm³/mol. The number of carbonyl (C=O) groups is 1. The quantitative estimate of drug-likeness (QED) is 0.822. The topological polar surface area (TPSA) is 58.4 Å². The number of aromatic nitrogens is 2. The number of hydrogen-bond donors (Lipinski definition) is 1. The van der Waals surface area contributed by atoms with E-state index in [1.54, 1.807) is 30.7 Å². The van der Waals surface area contributed by atoms with Crippen LogP contribution >= 0.6 is 0 Å². The van der Waals surface area contributed by atoms with E-state index in [0.29, 0.717) is 12.5 Å². The minimum absolute atomic E-state index is 0.0372. The van der Waals surface area contributed by atoms with Gasteiger partial charge in [0.1, 0.15) is 6.04 Å². The molecule has 2 atom stereocenters. The smallest absolute Gasteiger partial charge is 0.245 e. The first-order chi connectivity index (χ1) is 8.63. The Balaban J connectivity index is 1.95. The summed E-state index contributed by atoms with van der Waals surface area (Å²) < 4.78 is 1.82. The number of rotatable bonds is 6. The van der Waals surface area contributed by atoms with Gasteiger partial charge in [-0.15, -0.1) is 0 Å². The highest BCUT2D eigenvalue weighted by atomic mass is 16.3. The first-order valence-electron chi connectivity index (χ1n) is 6.54. The fourth-order valence-electron chi connectivity index (χ4n) is 2.22. The van der Waals surface area contributed by atoms with Crippen molar-refractivity contribution >= 4 is 5.91 Å². The van der Waals surface area contributed by atoms with Gasteiger partial charge in [-0.3, -0.25) is 4.79 Å². The Morgan fingerprint density at radius 2 is 2.33 bits per heavy atom. The number of amides is 1. The third-order valence-corrected chi connectivity index (χ3v) is 3.56. The van der Waals surface area contributed by atoms with Crippen LogP contribution in [0.3, 0.4) is 0 Å². The Morgan fingerprint density at radius 1 is 1.61 bits per heavy atom. The van der Waals surface area contributed by atoms with E-state index in [4.69, 9.17) is 0 Å². The lowest BCUT2D eigenvalue weighted by Gasteiger charge is -2.25. The van der Waals surface area contributed by atoms with Crippen LogP contribution in [0.1, 0.15) is 32.2 Å². The number of likely N-dealkylation sites (N-methyl/N-ethyl adjacent to an activating group) is 1. The fraction of sp³-hybridized carbons (Fsp3) is 0.692. The molecule has 1 aliphatic carbocycles. The second-order valence-electron chi connectivity index (χ2n) is 5.06. The molecule has 1 saturated carbocycles. The number of carbonyl (C=O) groups excluding carboxylic acids is 1. The molecule has 2 unspecified atom stereocenters. The SMILES string of the molecule is CCC(C(=O)N(C)CC(O)C1CC1)n1ccnc1. The molecule has 1 heterocycles. The number of hydrogen-bond acceptors (Lipinski definition) is 3. The van der Waals surface area contributed by atoms with Gasteiger partial charge in [-0.1, -0.05) is 6.92 Å². The normalized spacial score (nSPS) is 18.4. The second kappa shape index (κ2) is 5.52. The maximum Gasteiger partial charge on any atom is 0.245 e. The molecule has 1 amide bonds. The molecule has 5 nitrogen and oxygen atoms in total. The number of imidazole rings is 1. The third kappa shape index (κ3) is 2.90. The lowest BCUT2D eigenvalue weighted by molar-refractivity contribution is -0.135. The summed E-state index contributed by atoms with van der Waals surface area (Å²) in [6, 6.07) is -0.219. The molecule has 0 spiro atoms. The monoisotopic (exact) mass is 251 g/mol. The zero-order valence-corrected chi connectivity index (χ0v) is 11.0. The molecular weight excluding hydrogens is 230 g/mol. The zero-order valence-electron chi connectivity index (χ0n) is 11.0. The minimum atomic E-state index is -0.376. The highest BCUT2D eigenvalue weighted by molar-refractivity contribution is 5.80. The Bertz CT molecular complexity index is 387. The highest BCUT2D eigenvalue weighted by Gasteiger charge is 2.32. The summed E-state index contributed by atoms with van der Waals surface area (Å²) in [5.74, 6) is 0.434. The molecule has 0 aromatic carbocycles. The molecule has 0 aliphatic heterocycles. The fourth-order valence-corrected chi connectivity index (χ4v) is 2.22. The molecule has 0 radical (unpaired) electrons. The predicted octanol–water partition coefficient (Wildman–Crippen LogP) is 1.06. The van der Waals surface area contributed by atoms with Crippen LogP contribution in [0, 0.1) is 5.92 Å². The molecule has 1 N–H and O–H groups in total. The van der Waals surface area contributed by atoms with E-state index in [1.807, 2.05) is 11.5 Å². The van der Waals surface area contributed by atoms with Crippen molar-refractivity contribution in [3.05, 3.63) is 18.7 Å². The molecule has 2 rings (SSSR count).